The summed E-state index contributed by atoms with van der Waals surface area (Å²) in [6.07, 6.45) is 0.220. The van der Waals surface area contributed by atoms with E-state index in [4.69, 9.17) is 0 Å². The summed E-state index contributed by atoms with van der Waals surface area (Å²) in [5.41, 5.74) is 3.82. The highest BCUT2D eigenvalue weighted by Gasteiger charge is 2.21. The number of thiazole rings is 2. The van der Waals surface area contributed by atoms with Gasteiger partial charge in [-0.3, -0.25) is 19.8 Å². The van der Waals surface area contributed by atoms with Crippen molar-refractivity contribution in [3.05, 3.63) is 91.8 Å². The maximum atomic E-state index is 13.3. The molecule has 33 heavy (non-hydrogen) atoms. The lowest BCUT2D eigenvalue weighted by molar-refractivity contribution is 0.827. The molecular formula is C23H18N6O2S2. The van der Waals surface area contributed by atoms with Crippen molar-refractivity contribution in [3.63, 3.8) is 0 Å². The number of para-hydroxylation sites is 2. The van der Waals surface area contributed by atoms with E-state index in [9.17, 15) is 9.59 Å². The Kier molecular flexibility index (Phi) is 4.46. The van der Waals surface area contributed by atoms with E-state index in [1.54, 1.807) is 0 Å². The number of benzene rings is 2. The summed E-state index contributed by atoms with van der Waals surface area (Å²) in [5.74, 6) is 0. The quantitative estimate of drug-likeness (QED) is 0.402. The van der Waals surface area contributed by atoms with Crippen LogP contribution in [-0.4, -0.2) is 29.5 Å². The molecule has 0 saturated heterocycles. The van der Waals surface area contributed by atoms with Gasteiger partial charge in [-0.25, -0.2) is 9.97 Å². The van der Waals surface area contributed by atoms with Crippen LogP contribution in [0.4, 0.5) is 0 Å². The fourth-order valence-electron chi connectivity index (χ4n) is 3.94. The van der Waals surface area contributed by atoms with Crippen molar-refractivity contribution < 1.29 is 0 Å². The molecule has 2 N–H and O–H groups in total. The number of hydrogen-bond donors (Lipinski definition) is 2. The number of nitrogens with zero attached hydrogens (tertiary/aromatic N) is 4. The molecule has 0 aliphatic rings. The lowest BCUT2D eigenvalue weighted by Gasteiger charge is -1.95. The monoisotopic (exact) mass is 474 g/mol. The van der Waals surface area contributed by atoms with E-state index in [0.717, 1.165) is 20.4 Å². The average molecular weight is 475 g/mol. The second-order valence-corrected chi connectivity index (χ2v) is 9.84. The van der Waals surface area contributed by atoms with E-state index >= 15 is 0 Å². The Labute approximate surface area is 194 Å². The highest BCUT2D eigenvalue weighted by atomic mass is 32.1. The SMILES string of the molecule is Cc1[nH]n(-c2nc3ccccc3s2)c(=O)c1Cc1c(C)[nH]n(-c2nc3ccccc3s2)c1=O. The third-order valence-electron chi connectivity index (χ3n) is 5.69. The third-order valence-corrected chi connectivity index (χ3v) is 7.73. The van der Waals surface area contributed by atoms with Crippen molar-refractivity contribution in [2.45, 2.75) is 20.3 Å². The van der Waals surface area contributed by atoms with Crippen LogP contribution in [-0.2, 0) is 6.42 Å². The van der Waals surface area contributed by atoms with Gasteiger partial charge in [0.15, 0.2) is 0 Å². The first-order chi connectivity index (χ1) is 16.0. The van der Waals surface area contributed by atoms with Gasteiger partial charge in [-0.05, 0) is 38.1 Å². The number of aromatic amines is 2. The number of aromatic nitrogens is 6. The van der Waals surface area contributed by atoms with Crippen molar-refractivity contribution in [2.24, 2.45) is 0 Å². The second kappa shape index (κ2) is 7.39. The van der Waals surface area contributed by atoms with Crippen molar-refractivity contribution >= 4 is 43.1 Å². The van der Waals surface area contributed by atoms with Gasteiger partial charge >= 0.3 is 0 Å². The maximum Gasteiger partial charge on any atom is 0.277 e. The fraction of sp³-hybridized carbons (Fsp3) is 0.130. The lowest BCUT2D eigenvalue weighted by atomic mass is 10.1. The van der Waals surface area contributed by atoms with E-state index in [-0.39, 0.29) is 17.5 Å². The molecule has 0 atom stereocenters. The van der Waals surface area contributed by atoms with E-state index in [1.165, 1.54) is 32.0 Å². The summed E-state index contributed by atoms with van der Waals surface area (Å²) in [6.45, 7) is 3.68. The van der Waals surface area contributed by atoms with Gasteiger partial charge in [0.2, 0.25) is 10.3 Å². The van der Waals surface area contributed by atoms with Crippen LogP contribution in [0.3, 0.4) is 0 Å². The molecule has 0 saturated carbocycles. The van der Waals surface area contributed by atoms with Gasteiger partial charge in [0, 0.05) is 28.9 Å². The number of hydrogen-bond acceptors (Lipinski definition) is 6. The summed E-state index contributed by atoms with van der Waals surface area (Å²) >= 11 is 2.89. The van der Waals surface area contributed by atoms with Crippen molar-refractivity contribution in [3.8, 4) is 10.3 Å². The van der Waals surface area contributed by atoms with Crippen LogP contribution in [0.2, 0.25) is 0 Å². The minimum Gasteiger partial charge on any atom is -0.293 e. The highest BCUT2D eigenvalue weighted by Crippen LogP contribution is 2.25. The summed E-state index contributed by atoms with van der Waals surface area (Å²) in [7, 11) is 0. The standard InChI is InChI=1S/C23H18N6O2S2/c1-12-14(20(30)28(26-12)22-24-16-7-3-5-9-18(16)32-22)11-15-13(2)27-29(21(15)31)23-25-17-8-4-6-10-19(17)33-23/h3-10,26-27H,11H2,1-2H3. The molecule has 0 unspecified atom stereocenters. The topological polar surface area (TPSA) is 101 Å². The molecule has 6 rings (SSSR count). The minimum absolute atomic E-state index is 0.196. The smallest absolute Gasteiger partial charge is 0.277 e. The summed E-state index contributed by atoms with van der Waals surface area (Å²) in [4.78, 5) is 35.7. The fourth-order valence-corrected chi connectivity index (χ4v) is 5.79. The number of fused-ring (bicyclic) bond motifs is 2. The molecule has 0 aliphatic carbocycles. The number of rotatable bonds is 4. The molecule has 10 heteroatoms. The van der Waals surface area contributed by atoms with Gasteiger partial charge in [-0.1, -0.05) is 46.9 Å². The molecule has 2 aromatic carbocycles. The van der Waals surface area contributed by atoms with Crippen LogP contribution in [0.1, 0.15) is 22.5 Å². The summed E-state index contributed by atoms with van der Waals surface area (Å²) in [5, 5.41) is 7.41. The van der Waals surface area contributed by atoms with E-state index < -0.39 is 0 Å². The highest BCUT2D eigenvalue weighted by molar-refractivity contribution is 7.21. The van der Waals surface area contributed by atoms with Gasteiger partial charge in [0.05, 0.1) is 20.4 Å². The molecular weight excluding hydrogens is 456 g/mol. The van der Waals surface area contributed by atoms with Crippen LogP contribution < -0.4 is 11.1 Å². The summed E-state index contributed by atoms with van der Waals surface area (Å²) < 4.78 is 4.94. The van der Waals surface area contributed by atoms with E-state index in [1.807, 2.05) is 62.4 Å². The Bertz CT molecular complexity index is 1580. The first-order valence-electron chi connectivity index (χ1n) is 10.3. The zero-order valence-corrected chi connectivity index (χ0v) is 19.4. The average Bonchev–Trinajstić information content (AvgIpc) is 3.55. The first-order valence-corrected chi connectivity index (χ1v) is 12.0. The van der Waals surface area contributed by atoms with Crippen molar-refractivity contribution in [1.82, 2.24) is 29.5 Å². The number of aryl methyl sites for hydroxylation is 2. The molecule has 4 heterocycles. The second-order valence-electron chi connectivity index (χ2n) is 7.82. The zero-order valence-electron chi connectivity index (χ0n) is 17.7. The van der Waals surface area contributed by atoms with E-state index in [0.29, 0.717) is 32.8 Å². The Hall–Kier alpha value is -3.76. The van der Waals surface area contributed by atoms with Crippen LogP contribution in [0.5, 0.6) is 0 Å². The molecule has 0 spiro atoms. The Balaban J connectivity index is 1.40. The molecule has 0 bridgehead atoms. The Morgan fingerprint density at radius 1 is 0.727 bits per heavy atom. The van der Waals surface area contributed by atoms with Gasteiger partial charge in [0.1, 0.15) is 0 Å². The Morgan fingerprint density at radius 3 is 1.58 bits per heavy atom. The maximum absolute atomic E-state index is 13.3. The lowest BCUT2D eigenvalue weighted by Crippen LogP contribution is -2.21. The van der Waals surface area contributed by atoms with Crippen LogP contribution in [0, 0.1) is 13.8 Å². The summed E-state index contributed by atoms with van der Waals surface area (Å²) in [6, 6.07) is 15.5. The van der Waals surface area contributed by atoms with Crippen molar-refractivity contribution in [1.29, 1.82) is 0 Å². The molecule has 0 amide bonds. The van der Waals surface area contributed by atoms with Crippen LogP contribution in [0.15, 0.2) is 58.1 Å². The molecule has 8 nitrogen and oxygen atoms in total. The van der Waals surface area contributed by atoms with Crippen LogP contribution >= 0.6 is 22.7 Å². The molecule has 164 valence electrons. The normalized spacial score (nSPS) is 11.7. The predicted octanol–water partition coefficient (Wildman–Crippen LogP) is 4.07. The largest absolute Gasteiger partial charge is 0.293 e. The third kappa shape index (κ3) is 3.18. The van der Waals surface area contributed by atoms with Gasteiger partial charge in [0.25, 0.3) is 11.1 Å². The van der Waals surface area contributed by atoms with Crippen LogP contribution in [0.25, 0.3) is 30.7 Å². The molecule has 0 radical (unpaired) electrons. The zero-order chi connectivity index (χ0) is 22.7. The number of nitrogens with one attached hydrogen (secondary N) is 2. The van der Waals surface area contributed by atoms with Crippen molar-refractivity contribution in [2.75, 3.05) is 0 Å². The number of H-pyrrole nitrogens is 2. The molecule has 0 fully saturated rings. The van der Waals surface area contributed by atoms with Gasteiger partial charge in [-0.2, -0.15) is 9.36 Å². The van der Waals surface area contributed by atoms with E-state index in [2.05, 4.69) is 20.2 Å². The predicted molar refractivity (Wildman–Crippen MR) is 131 cm³/mol. The Morgan fingerprint density at radius 2 is 1.15 bits per heavy atom. The van der Waals surface area contributed by atoms with Gasteiger partial charge < -0.3 is 0 Å². The molecule has 4 aromatic heterocycles. The minimum atomic E-state index is -0.196. The molecule has 6 aromatic rings. The molecule has 0 aliphatic heterocycles. The first kappa shape index (κ1) is 19.9. The van der Waals surface area contributed by atoms with Gasteiger partial charge in [-0.15, -0.1) is 0 Å².